The van der Waals surface area contributed by atoms with Crippen molar-refractivity contribution in [2.75, 3.05) is 13.7 Å². The van der Waals surface area contributed by atoms with Crippen LogP contribution in [-0.2, 0) is 11.2 Å². The summed E-state index contributed by atoms with van der Waals surface area (Å²) in [6, 6.07) is 4.88. The van der Waals surface area contributed by atoms with Gasteiger partial charge in [0.05, 0.1) is 7.11 Å². The van der Waals surface area contributed by atoms with Crippen LogP contribution in [0.2, 0.25) is 0 Å². The fourth-order valence-corrected chi connectivity index (χ4v) is 2.57. The lowest BCUT2D eigenvalue weighted by Gasteiger charge is -2.12. The van der Waals surface area contributed by atoms with Gasteiger partial charge in [0.25, 0.3) is 0 Å². The van der Waals surface area contributed by atoms with Crippen molar-refractivity contribution in [3.8, 4) is 11.5 Å². The summed E-state index contributed by atoms with van der Waals surface area (Å²) >= 11 is 0. The van der Waals surface area contributed by atoms with Gasteiger partial charge in [0.2, 0.25) is 5.91 Å². The molecule has 142 valence electrons. The summed E-state index contributed by atoms with van der Waals surface area (Å²) in [5, 5.41) is 2.86. The van der Waals surface area contributed by atoms with Crippen molar-refractivity contribution in [2.45, 2.75) is 64.9 Å². The molecular formula is C19H29F2NO3. The summed E-state index contributed by atoms with van der Waals surface area (Å²) in [6.07, 6.45) is 7.96. The molecule has 25 heavy (non-hydrogen) atoms. The number of hydrogen-bond donors (Lipinski definition) is 1. The monoisotopic (exact) mass is 357 g/mol. The summed E-state index contributed by atoms with van der Waals surface area (Å²) in [6.45, 7) is -0.255. The number of amides is 1. The van der Waals surface area contributed by atoms with Crippen LogP contribution in [0, 0.1) is 0 Å². The summed E-state index contributed by atoms with van der Waals surface area (Å²) in [7, 11) is 1.40. The normalized spacial score (nSPS) is 10.8. The predicted molar refractivity (Wildman–Crippen MR) is 94.3 cm³/mol. The zero-order chi connectivity index (χ0) is 18.5. The highest BCUT2D eigenvalue weighted by molar-refractivity contribution is 5.75. The van der Waals surface area contributed by atoms with Gasteiger partial charge in [-0.3, -0.25) is 4.79 Å². The van der Waals surface area contributed by atoms with Gasteiger partial charge in [0.15, 0.2) is 11.5 Å². The van der Waals surface area contributed by atoms with Gasteiger partial charge in [-0.2, -0.15) is 8.78 Å². The van der Waals surface area contributed by atoms with E-state index < -0.39 is 6.61 Å². The third kappa shape index (κ3) is 9.27. The smallest absolute Gasteiger partial charge is 0.387 e. The van der Waals surface area contributed by atoms with Crippen molar-refractivity contribution in [1.29, 1.82) is 0 Å². The number of rotatable bonds is 13. The van der Waals surface area contributed by atoms with Crippen LogP contribution < -0.4 is 14.8 Å². The van der Waals surface area contributed by atoms with Crippen molar-refractivity contribution < 1.29 is 23.0 Å². The second kappa shape index (κ2) is 12.5. The summed E-state index contributed by atoms with van der Waals surface area (Å²) < 4.78 is 34.3. The first-order valence-corrected chi connectivity index (χ1v) is 8.95. The average molecular weight is 357 g/mol. The molecule has 4 nitrogen and oxygen atoms in total. The van der Waals surface area contributed by atoms with E-state index in [1.165, 1.54) is 38.9 Å². The molecule has 0 fully saturated rings. The molecular weight excluding hydrogens is 328 g/mol. The Morgan fingerprint density at radius 3 is 2.52 bits per heavy atom. The molecule has 6 heteroatoms. The molecule has 0 aliphatic rings. The molecule has 0 aromatic heterocycles. The molecule has 0 unspecified atom stereocenters. The Balaban J connectivity index is 2.29. The number of alkyl halides is 2. The van der Waals surface area contributed by atoms with Crippen LogP contribution in [0.15, 0.2) is 18.2 Å². The molecule has 0 aliphatic heterocycles. The van der Waals surface area contributed by atoms with Crippen molar-refractivity contribution in [2.24, 2.45) is 0 Å². The van der Waals surface area contributed by atoms with E-state index in [1.54, 1.807) is 12.1 Å². The van der Waals surface area contributed by atoms with E-state index in [1.807, 2.05) is 0 Å². The third-order valence-corrected chi connectivity index (χ3v) is 3.94. The first-order chi connectivity index (χ1) is 12.1. The zero-order valence-corrected chi connectivity index (χ0v) is 15.2. The predicted octanol–water partition coefficient (Wildman–Crippen LogP) is 4.71. The molecule has 0 saturated heterocycles. The first-order valence-electron chi connectivity index (χ1n) is 8.95. The minimum absolute atomic E-state index is 0.00778. The van der Waals surface area contributed by atoms with Gasteiger partial charge in [-0.1, -0.05) is 45.1 Å². The van der Waals surface area contributed by atoms with Crippen molar-refractivity contribution in [1.82, 2.24) is 5.32 Å². The number of ether oxygens (including phenoxy) is 2. The van der Waals surface area contributed by atoms with Gasteiger partial charge in [0, 0.05) is 13.0 Å². The molecule has 0 bridgehead atoms. The number of nitrogens with one attached hydrogen (secondary N) is 1. The van der Waals surface area contributed by atoms with Crippen LogP contribution in [0.25, 0.3) is 0 Å². The van der Waals surface area contributed by atoms with E-state index >= 15 is 0 Å². The molecule has 1 amide bonds. The van der Waals surface area contributed by atoms with E-state index in [0.717, 1.165) is 18.4 Å². The van der Waals surface area contributed by atoms with Gasteiger partial charge in [-0.05, 0) is 30.5 Å². The largest absolute Gasteiger partial charge is 0.493 e. The maximum Gasteiger partial charge on any atom is 0.387 e. The van der Waals surface area contributed by atoms with E-state index in [2.05, 4.69) is 17.0 Å². The molecule has 0 heterocycles. The Hall–Kier alpha value is -1.85. The van der Waals surface area contributed by atoms with Crippen LogP contribution in [0.4, 0.5) is 8.78 Å². The number of hydrogen-bond acceptors (Lipinski definition) is 3. The number of carbonyl (C=O) groups is 1. The Morgan fingerprint density at radius 1 is 1.12 bits per heavy atom. The minimum Gasteiger partial charge on any atom is -0.493 e. The van der Waals surface area contributed by atoms with Gasteiger partial charge >= 0.3 is 6.61 Å². The molecule has 1 aromatic carbocycles. The molecule has 0 radical (unpaired) electrons. The lowest BCUT2D eigenvalue weighted by Crippen LogP contribution is -2.25. The Morgan fingerprint density at radius 2 is 1.84 bits per heavy atom. The van der Waals surface area contributed by atoms with Crippen molar-refractivity contribution >= 4 is 5.91 Å². The molecule has 0 spiro atoms. The average Bonchev–Trinajstić information content (AvgIpc) is 2.58. The Kier molecular flexibility index (Phi) is 10.6. The van der Waals surface area contributed by atoms with Gasteiger partial charge in [0.1, 0.15) is 0 Å². The summed E-state index contributed by atoms with van der Waals surface area (Å²) in [5.74, 6) is 0.303. The SMILES string of the molecule is CCCCCCCCC(=O)NCCc1ccc(OC)c(OC(F)F)c1. The summed E-state index contributed by atoms with van der Waals surface area (Å²) in [4.78, 5) is 11.8. The summed E-state index contributed by atoms with van der Waals surface area (Å²) in [5.41, 5.74) is 0.802. The number of halogens is 2. The number of unbranched alkanes of at least 4 members (excludes halogenated alkanes) is 5. The number of benzene rings is 1. The van der Waals surface area contributed by atoms with Crippen LogP contribution >= 0.6 is 0 Å². The molecule has 0 saturated carbocycles. The van der Waals surface area contributed by atoms with Gasteiger partial charge < -0.3 is 14.8 Å². The Labute approximate surface area is 148 Å². The minimum atomic E-state index is -2.90. The fraction of sp³-hybridized carbons (Fsp3) is 0.632. The molecule has 0 aliphatic carbocycles. The van der Waals surface area contributed by atoms with Crippen LogP contribution in [0.5, 0.6) is 11.5 Å². The van der Waals surface area contributed by atoms with Crippen LogP contribution in [-0.4, -0.2) is 26.2 Å². The van der Waals surface area contributed by atoms with E-state index in [0.29, 0.717) is 19.4 Å². The second-order valence-electron chi connectivity index (χ2n) is 5.98. The zero-order valence-electron chi connectivity index (χ0n) is 15.2. The highest BCUT2D eigenvalue weighted by atomic mass is 19.3. The maximum atomic E-state index is 12.4. The van der Waals surface area contributed by atoms with Crippen LogP contribution in [0.1, 0.15) is 57.4 Å². The molecule has 1 aromatic rings. The van der Waals surface area contributed by atoms with Gasteiger partial charge in [-0.15, -0.1) is 0 Å². The second-order valence-corrected chi connectivity index (χ2v) is 5.98. The van der Waals surface area contributed by atoms with Crippen molar-refractivity contribution in [3.63, 3.8) is 0 Å². The Bertz CT molecular complexity index is 509. The van der Waals surface area contributed by atoms with Crippen molar-refractivity contribution in [3.05, 3.63) is 23.8 Å². The van der Waals surface area contributed by atoms with E-state index in [4.69, 9.17) is 4.74 Å². The topological polar surface area (TPSA) is 47.6 Å². The van der Waals surface area contributed by atoms with E-state index in [-0.39, 0.29) is 17.4 Å². The lowest BCUT2D eigenvalue weighted by molar-refractivity contribution is -0.121. The highest BCUT2D eigenvalue weighted by Gasteiger charge is 2.11. The standard InChI is InChI=1S/C19H29F2NO3/c1-3-4-5-6-7-8-9-18(23)22-13-12-15-10-11-16(24-2)17(14-15)25-19(20)21/h10-11,14,19H,3-9,12-13H2,1-2H3,(H,22,23). The number of carbonyl (C=O) groups excluding carboxylic acids is 1. The number of methoxy groups -OCH3 is 1. The maximum absolute atomic E-state index is 12.4. The molecule has 0 atom stereocenters. The molecule has 1 N–H and O–H groups in total. The highest BCUT2D eigenvalue weighted by Crippen LogP contribution is 2.29. The fourth-order valence-electron chi connectivity index (χ4n) is 2.57. The lowest BCUT2D eigenvalue weighted by atomic mass is 10.1. The third-order valence-electron chi connectivity index (χ3n) is 3.94. The molecule has 1 rings (SSSR count). The van der Waals surface area contributed by atoms with E-state index in [9.17, 15) is 13.6 Å². The first kappa shape index (κ1) is 21.2. The van der Waals surface area contributed by atoms with Crippen LogP contribution in [0.3, 0.4) is 0 Å². The van der Waals surface area contributed by atoms with Gasteiger partial charge in [-0.25, -0.2) is 0 Å². The quantitative estimate of drug-likeness (QED) is 0.520.